The van der Waals surface area contributed by atoms with Crippen molar-refractivity contribution in [1.29, 1.82) is 0 Å². The molecule has 2 aliphatic rings. The van der Waals surface area contributed by atoms with Crippen molar-refractivity contribution < 1.29 is 9.53 Å². The van der Waals surface area contributed by atoms with Crippen LogP contribution in [0.4, 0.5) is 0 Å². The maximum Gasteiger partial charge on any atom is 0.254 e. The second-order valence-corrected chi connectivity index (χ2v) is 4.11. The molecule has 0 aliphatic carbocycles. The largest absolute Gasteiger partial charge is 0.371 e. The fraction of sp³-hybridized carbons (Fsp3) is 0.417. The quantitative estimate of drug-likeness (QED) is 0.674. The van der Waals surface area contributed by atoms with Gasteiger partial charge in [0.2, 0.25) is 0 Å². The van der Waals surface area contributed by atoms with E-state index in [1.807, 2.05) is 29.2 Å². The molecule has 0 radical (unpaired) electrons. The van der Waals surface area contributed by atoms with Crippen molar-refractivity contribution in [3.63, 3.8) is 0 Å². The molecule has 78 valence electrons. The summed E-state index contributed by atoms with van der Waals surface area (Å²) < 4.78 is 5.15. The van der Waals surface area contributed by atoms with Gasteiger partial charge in [0, 0.05) is 18.7 Å². The molecule has 1 fully saturated rings. The van der Waals surface area contributed by atoms with Crippen LogP contribution in [0.15, 0.2) is 24.3 Å². The van der Waals surface area contributed by atoms with E-state index in [1.165, 1.54) is 5.56 Å². The van der Waals surface area contributed by atoms with Crippen molar-refractivity contribution in [2.45, 2.75) is 12.5 Å². The van der Waals surface area contributed by atoms with Gasteiger partial charge in [-0.25, -0.2) is 0 Å². The number of hydrogen-bond acceptors (Lipinski definition) is 2. The summed E-state index contributed by atoms with van der Waals surface area (Å²) in [5, 5.41) is 0. The Morgan fingerprint density at radius 3 is 3.00 bits per heavy atom. The van der Waals surface area contributed by atoms with Crippen LogP contribution in [-0.4, -0.2) is 36.6 Å². The Morgan fingerprint density at radius 1 is 1.40 bits per heavy atom. The van der Waals surface area contributed by atoms with Gasteiger partial charge in [0.05, 0.1) is 12.7 Å². The second kappa shape index (κ2) is 3.35. The van der Waals surface area contributed by atoms with E-state index in [2.05, 4.69) is 0 Å². The van der Waals surface area contributed by atoms with Crippen LogP contribution in [0.1, 0.15) is 15.9 Å². The molecule has 1 amide bonds. The highest BCUT2D eigenvalue weighted by molar-refractivity contribution is 5.96. The fourth-order valence-electron chi connectivity index (χ4n) is 2.07. The average molecular weight is 203 g/mol. The zero-order chi connectivity index (χ0) is 10.3. The van der Waals surface area contributed by atoms with Crippen LogP contribution in [0.3, 0.4) is 0 Å². The third-order valence-corrected chi connectivity index (χ3v) is 3.01. The van der Waals surface area contributed by atoms with E-state index in [-0.39, 0.29) is 5.91 Å². The van der Waals surface area contributed by atoms with E-state index in [4.69, 9.17) is 4.74 Å². The van der Waals surface area contributed by atoms with Crippen molar-refractivity contribution in [3.8, 4) is 0 Å². The van der Waals surface area contributed by atoms with E-state index in [1.54, 1.807) is 0 Å². The third-order valence-electron chi connectivity index (χ3n) is 3.01. The predicted octanol–water partition coefficient (Wildman–Crippen LogP) is 1.08. The van der Waals surface area contributed by atoms with Crippen molar-refractivity contribution in [3.05, 3.63) is 35.4 Å². The van der Waals surface area contributed by atoms with E-state index in [0.29, 0.717) is 6.10 Å². The Hall–Kier alpha value is -1.35. The minimum atomic E-state index is 0.160. The third kappa shape index (κ3) is 1.63. The average Bonchev–Trinajstić information content (AvgIpc) is 3.07. The first-order valence-electron chi connectivity index (χ1n) is 5.33. The molecule has 1 aromatic rings. The Bertz CT molecular complexity index is 398. The number of benzene rings is 1. The number of carbonyl (C=O) groups excluding carboxylic acids is 1. The number of carbonyl (C=O) groups is 1. The highest BCUT2D eigenvalue weighted by Crippen LogP contribution is 2.20. The number of fused-ring (bicyclic) bond motifs is 1. The summed E-state index contributed by atoms with van der Waals surface area (Å²) >= 11 is 0. The van der Waals surface area contributed by atoms with Crippen LogP contribution in [0.5, 0.6) is 0 Å². The lowest BCUT2D eigenvalue weighted by Crippen LogP contribution is -2.39. The monoisotopic (exact) mass is 203 g/mol. The summed E-state index contributed by atoms with van der Waals surface area (Å²) in [5.41, 5.74) is 2.04. The summed E-state index contributed by atoms with van der Waals surface area (Å²) in [6.45, 7) is 2.40. The molecule has 1 atom stereocenters. The molecule has 15 heavy (non-hydrogen) atoms. The maximum absolute atomic E-state index is 12.1. The normalized spacial score (nSPS) is 23.9. The Morgan fingerprint density at radius 2 is 2.20 bits per heavy atom. The molecule has 3 heteroatoms. The molecule has 0 N–H and O–H groups in total. The number of nitrogens with zero attached hydrogens (tertiary/aromatic N) is 1. The standard InChI is InChI=1S/C12H13NO2/c14-12-11-4-2-1-3-9(11)5-6-13(12)7-10-8-15-10/h1-4,10H,5-8H2/t10-/m1/s1. The Labute approximate surface area is 88.6 Å². The first kappa shape index (κ1) is 8.92. The van der Waals surface area contributed by atoms with Gasteiger partial charge in [0.1, 0.15) is 0 Å². The number of amides is 1. The van der Waals surface area contributed by atoms with Gasteiger partial charge in [0.25, 0.3) is 5.91 Å². The molecule has 3 rings (SSSR count). The van der Waals surface area contributed by atoms with Crippen molar-refractivity contribution in [1.82, 2.24) is 4.90 Å². The molecule has 0 bridgehead atoms. The van der Waals surface area contributed by atoms with E-state index < -0.39 is 0 Å². The zero-order valence-electron chi connectivity index (χ0n) is 8.48. The lowest BCUT2D eigenvalue weighted by molar-refractivity contribution is 0.0727. The van der Waals surface area contributed by atoms with Crippen LogP contribution in [0.2, 0.25) is 0 Å². The minimum Gasteiger partial charge on any atom is -0.371 e. The number of hydrogen-bond donors (Lipinski definition) is 0. The molecule has 0 unspecified atom stereocenters. The summed E-state index contributed by atoms with van der Waals surface area (Å²) in [7, 11) is 0. The fourth-order valence-corrected chi connectivity index (χ4v) is 2.07. The SMILES string of the molecule is O=C1c2ccccc2CCN1C[C@@H]1CO1. The molecular weight excluding hydrogens is 190 g/mol. The first-order valence-corrected chi connectivity index (χ1v) is 5.33. The molecular formula is C12H13NO2. The van der Waals surface area contributed by atoms with E-state index in [0.717, 1.165) is 31.7 Å². The summed E-state index contributed by atoms with van der Waals surface area (Å²) in [6, 6.07) is 7.87. The summed E-state index contributed by atoms with van der Waals surface area (Å²) in [5.74, 6) is 0.160. The van der Waals surface area contributed by atoms with Crippen molar-refractivity contribution in [2.75, 3.05) is 19.7 Å². The van der Waals surface area contributed by atoms with Crippen molar-refractivity contribution in [2.24, 2.45) is 0 Å². The zero-order valence-corrected chi connectivity index (χ0v) is 8.48. The van der Waals surface area contributed by atoms with Crippen LogP contribution in [0, 0.1) is 0 Å². The molecule has 2 aliphatic heterocycles. The molecule has 0 aromatic heterocycles. The molecule has 0 spiro atoms. The lowest BCUT2D eigenvalue weighted by Gasteiger charge is -2.27. The summed E-state index contributed by atoms with van der Waals surface area (Å²) in [6.07, 6.45) is 1.26. The van der Waals surface area contributed by atoms with Gasteiger partial charge in [0.15, 0.2) is 0 Å². The minimum absolute atomic E-state index is 0.160. The first-order chi connectivity index (χ1) is 7.34. The topological polar surface area (TPSA) is 32.8 Å². The number of rotatable bonds is 2. The maximum atomic E-state index is 12.1. The van der Waals surface area contributed by atoms with Crippen LogP contribution in [-0.2, 0) is 11.2 Å². The summed E-state index contributed by atoms with van der Waals surface area (Å²) in [4.78, 5) is 14.0. The van der Waals surface area contributed by atoms with Gasteiger partial charge < -0.3 is 9.64 Å². The van der Waals surface area contributed by atoms with Gasteiger partial charge in [-0.15, -0.1) is 0 Å². The van der Waals surface area contributed by atoms with Gasteiger partial charge >= 0.3 is 0 Å². The van der Waals surface area contributed by atoms with Crippen LogP contribution >= 0.6 is 0 Å². The van der Waals surface area contributed by atoms with Crippen LogP contribution < -0.4 is 0 Å². The lowest BCUT2D eigenvalue weighted by atomic mass is 9.99. The number of ether oxygens (including phenoxy) is 1. The molecule has 0 saturated carbocycles. The van der Waals surface area contributed by atoms with Crippen LogP contribution in [0.25, 0.3) is 0 Å². The highest BCUT2D eigenvalue weighted by Gasteiger charge is 2.30. The highest BCUT2D eigenvalue weighted by atomic mass is 16.6. The van der Waals surface area contributed by atoms with Gasteiger partial charge in [-0.3, -0.25) is 4.79 Å². The van der Waals surface area contributed by atoms with Crippen molar-refractivity contribution >= 4 is 5.91 Å². The Kier molecular flexibility index (Phi) is 1.99. The number of epoxide rings is 1. The van der Waals surface area contributed by atoms with E-state index in [9.17, 15) is 4.79 Å². The molecule has 3 nitrogen and oxygen atoms in total. The molecule has 1 aromatic carbocycles. The van der Waals surface area contributed by atoms with Gasteiger partial charge in [-0.1, -0.05) is 18.2 Å². The second-order valence-electron chi connectivity index (χ2n) is 4.11. The van der Waals surface area contributed by atoms with E-state index >= 15 is 0 Å². The molecule has 1 saturated heterocycles. The Balaban J connectivity index is 1.84. The smallest absolute Gasteiger partial charge is 0.254 e. The van der Waals surface area contributed by atoms with Gasteiger partial charge in [-0.2, -0.15) is 0 Å². The molecule has 2 heterocycles. The predicted molar refractivity (Wildman–Crippen MR) is 55.8 cm³/mol. The van der Waals surface area contributed by atoms with Gasteiger partial charge in [-0.05, 0) is 18.1 Å².